The van der Waals surface area contributed by atoms with Gasteiger partial charge in [0.2, 0.25) is 0 Å². The molecule has 0 bridgehead atoms. The first-order valence-electron chi connectivity index (χ1n) is 1.78. The van der Waals surface area contributed by atoms with Gasteiger partial charge in [0.15, 0.2) is 0 Å². The van der Waals surface area contributed by atoms with Crippen LogP contribution in [0.1, 0.15) is 0 Å². The van der Waals surface area contributed by atoms with Gasteiger partial charge in [-0.25, -0.2) is 5.90 Å². The van der Waals surface area contributed by atoms with Gasteiger partial charge in [-0.2, -0.15) is 0 Å². The van der Waals surface area contributed by atoms with E-state index in [2.05, 4.69) is 14.8 Å². The third-order valence-corrected chi connectivity index (χ3v) is 1.79. The van der Waals surface area contributed by atoms with E-state index in [4.69, 9.17) is 4.80 Å². The van der Waals surface area contributed by atoms with Gasteiger partial charge in [-0.3, -0.25) is 4.53 Å². The van der Waals surface area contributed by atoms with Crippen molar-refractivity contribution >= 4 is 8.80 Å². The molecule has 4 nitrogen and oxygen atoms in total. The highest BCUT2D eigenvalue weighted by Crippen LogP contribution is 1.92. The largest absolute Gasteiger partial charge is 0.511 e. The van der Waals surface area contributed by atoms with Gasteiger partial charge in [-0.05, 0) is 0 Å². The maximum atomic E-state index is 8.70. The first kappa shape index (κ1) is 7.06. The second kappa shape index (κ2) is 2.39. The van der Waals surface area contributed by atoms with Crippen LogP contribution < -0.4 is 5.90 Å². The Morgan fingerprint density at radius 3 is 2.14 bits per heavy atom. The highest BCUT2D eigenvalue weighted by molar-refractivity contribution is 6.57. The van der Waals surface area contributed by atoms with E-state index in [-0.39, 0.29) is 0 Å². The Kier molecular flexibility index (Phi) is 2.41. The summed E-state index contributed by atoms with van der Waals surface area (Å²) in [5.41, 5.74) is 0. The number of hydrogen-bond donors (Lipinski definition) is 2. The molecule has 0 aliphatic heterocycles. The van der Waals surface area contributed by atoms with Crippen LogP contribution in [-0.2, 0) is 8.95 Å². The zero-order chi connectivity index (χ0) is 5.91. The molecule has 44 valence electrons. The molecule has 0 heterocycles. The van der Waals surface area contributed by atoms with Crippen molar-refractivity contribution in [3.63, 3.8) is 0 Å². The summed E-state index contributed by atoms with van der Waals surface area (Å²) in [5, 5.41) is 0. The molecule has 0 amide bonds. The molecular formula is C2H9NO3Si. The summed E-state index contributed by atoms with van der Waals surface area (Å²) in [4.78, 5) is 8.70. The summed E-state index contributed by atoms with van der Waals surface area (Å²) in [6.45, 7) is 1.42. The van der Waals surface area contributed by atoms with Crippen LogP contribution >= 0.6 is 0 Å². The van der Waals surface area contributed by atoms with Gasteiger partial charge in [-0.1, -0.05) is 0 Å². The van der Waals surface area contributed by atoms with Crippen LogP contribution in [0.4, 0.5) is 0 Å². The van der Waals surface area contributed by atoms with Gasteiger partial charge in [0.25, 0.3) is 0 Å². The van der Waals surface area contributed by atoms with E-state index >= 15 is 0 Å². The molecule has 0 rings (SSSR count). The number of rotatable bonds is 2. The Balaban J connectivity index is 3.36. The molecule has 0 spiro atoms. The molecule has 5 heteroatoms. The number of hydrogen-bond acceptors (Lipinski definition) is 4. The lowest BCUT2D eigenvalue weighted by Crippen LogP contribution is -2.40. The van der Waals surface area contributed by atoms with E-state index in [0.717, 1.165) is 0 Å². The summed E-state index contributed by atoms with van der Waals surface area (Å²) in [6.07, 6.45) is 0. The lowest BCUT2D eigenvalue weighted by atomic mass is 11.8. The van der Waals surface area contributed by atoms with Crippen LogP contribution in [0.25, 0.3) is 0 Å². The van der Waals surface area contributed by atoms with Gasteiger partial charge in [-0.15, -0.1) is 0 Å². The van der Waals surface area contributed by atoms with E-state index in [0.29, 0.717) is 0 Å². The first-order valence-corrected chi connectivity index (χ1v) is 4.04. The Morgan fingerprint density at radius 1 is 1.71 bits per heavy atom. The second-order valence-corrected chi connectivity index (χ2v) is 3.66. The van der Waals surface area contributed by atoms with Crippen molar-refractivity contribution in [1.29, 1.82) is 0 Å². The summed E-state index contributed by atoms with van der Waals surface area (Å²) in [7, 11) is -1.53. The molecule has 0 aliphatic carbocycles. The Labute approximate surface area is 43.2 Å². The Hall–Kier alpha value is 0.0569. The van der Waals surface area contributed by atoms with Gasteiger partial charge in [0, 0.05) is 13.7 Å². The average Bonchev–Trinajstić information content (AvgIpc) is 1.68. The van der Waals surface area contributed by atoms with Crippen molar-refractivity contribution in [1.82, 2.24) is 0 Å². The maximum Gasteiger partial charge on any atom is 0.511 e. The zero-order valence-corrected chi connectivity index (χ0v) is 5.34. The van der Waals surface area contributed by atoms with Gasteiger partial charge in [0.05, 0.1) is 0 Å². The van der Waals surface area contributed by atoms with Gasteiger partial charge >= 0.3 is 8.80 Å². The predicted octanol–water partition coefficient (Wildman–Crippen LogP) is -0.916. The molecule has 3 N–H and O–H groups in total. The molecule has 0 aromatic rings. The molecule has 0 aromatic carbocycles. The summed E-state index contributed by atoms with van der Waals surface area (Å²) in [5.74, 6) is 4.60. The summed E-state index contributed by atoms with van der Waals surface area (Å²) < 4.78 is 8.49. The van der Waals surface area contributed by atoms with Crippen LogP contribution in [0.2, 0.25) is 6.55 Å². The topological polar surface area (TPSA) is 64.7 Å². The molecule has 0 fully saturated rings. The van der Waals surface area contributed by atoms with E-state index in [1.54, 1.807) is 0 Å². The predicted molar refractivity (Wildman–Crippen MR) is 26.1 cm³/mol. The minimum atomic E-state index is -2.87. The fourth-order valence-corrected chi connectivity index (χ4v) is 0.144. The molecular weight excluding hydrogens is 114 g/mol. The third-order valence-electron chi connectivity index (χ3n) is 0.597. The van der Waals surface area contributed by atoms with E-state index in [1.165, 1.54) is 13.7 Å². The van der Waals surface area contributed by atoms with Crippen molar-refractivity contribution in [3.8, 4) is 0 Å². The zero-order valence-electron chi connectivity index (χ0n) is 4.34. The number of nitrogens with two attached hydrogens (primary N) is 1. The summed E-state index contributed by atoms with van der Waals surface area (Å²) in [6, 6.07) is 0. The van der Waals surface area contributed by atoms with Crippen LogP contribution in [0, 0.1) is 0 Å². The first-order chi connectivity index (χ1) is 3.12. The molecule has 7 heavy (non-hydrogen) atoms. The van der Waals surface area contributed by atoms with Crippen LogP contribution in [0.5, 0.6) is 0 Å². The molecule has 1 atom stereocenters. The smallest absolute Gasteiger partial charge is 0.389 e. The fraction of sp³-hybridized carbons (Fsp3) is 1.00. The normalized spacial score (nSPS) is 18.9. The highest BCUT2D eigenvalue weighted by atomic mass is 28.4. The van der Waals surface area contributed by atoms with Gasteiger partial charge in [0.1, 0.15) is 0 Å². The molecule has 0 saturated heterocycles. The third kappa shape index (κ3) is 2.72. The summed E-state index contributed by atoms with van der Waals surface area (Å²) >= 11 is 0. The Bertz CT molecular complexity index is 50.9. The lowest BCUT2D eigenvalue weighted by Gasteiger charge is -2.11. The SMILES string of the molecule is CO[Si](C)(O)ON. The lowest BCUT2D eigenvalue weighted by molar-refractivity contribution is 0.131. The van der Waals surface area contributed by atoms with Crippen molar-refractivity contribution in [3.05, 3.63) is 0 Å². The molecule has 1 unspecified atom stereocenters. The molecule has 0 aromatic heterocycles. The van der Waals surface area contributed by atoms with Crippen LogP contribution in [0.3, 0.4) is 0 Å². The van der Waals surface area contributed by atoms with Crippen molar-refractivity contribution < 1.29 is 13.7 Å². The van der Waals surface area contributed by atoms with E-state index in [1.807, 2.05) is 0 Å². The fourth-order valence-electron chi connectivity index (χ4n) is 0.0481. The van der Waals surface area contributed by atoms with Gasteiger partial charge < -0.3 is 9.22 Å². The quantitative estimate of drug-likeness (QED) is 0.368. The van der Waals surface area contributed by atoms with Crippen LogP contribution in [-0.4, -0.2) is 20.7 Å². The van der Waals surface area contributed by atoms with Crippen molar-refractivity contribution in [2.24, 2.45) is 5.90 Å². The molecule has 0 aliphatic rings. The highest BCUT2D eigenvalue weighted by Gasteiger charge is 2.26. The maximum absolute atomic E-state index is 8.70. The minimum Gasteiger partial charge on any atom is -0.389 e. The standard InChI is InChI=1S/C2H9NO3Si/c1-5-7(2,4)6-3/h4H,3H2,1-2H3. The monoisotopic (exact) mass is 123 g/mol. The molecule has 0 radical (unpaired) electrons. The van der Waals surface area contributed by atoms with E-state index < -0.39 is 8.80 Å². The van der Waals surface area contributed by atoms with Crippen molar-refractivity contribution in [2.75, 3.05) is 7.11 Å². The average molecular weight is 123 g/mol. The van der Waals surface area contributed by atoms with E-state index in [9.17, 15) is 0 Å². The van der Waals surface area contributed by atoms with Crippen molar-refractivity contribution in [2.45, 2.75) is 6.55 Å². The second-order valence-electron chi connectivity index (χ2n) is 1.22. The van der Waals surface area contributed by atoms with Crippen LogP contribution in [0.15, 0.2) is 0 Å². The Morgan fingerprint density at radius 2 is 2.14 bits per heavy atom. The minimum absolute atomic E-state index is 1.35. The molecule has 0 saturated carbocycles.